The summed E-state index contributed by atoms with van der Waals surface area (Å²) in [6.45, 7) is 2.09. The number of Topliss-reactive ketones (excluding diaryl/α,β-unsaturated/α-hetero) is 1. The van der Waals surface area contributed by atoms with Crippen LogP contribution in [-0.4, -0.2) is 10.8 Å². The number of rotatable bonds is 5. The highest BCUT2D eigenvalue weighted by molar-refractivity contribution is 5.94. The summed E-state index contributed by atoms with van der Waals surface area (Å²) in [7, 11) is 0. The molecule has 1 aromatic heterocycles. The Kier molecular flexibility index (Phi) is 4.48. The minimum Gasteiger partial charge on any atom is -0.489 e. The van der Waals surface area contributed by atoms with Crippen LogP contribution in [0.4, 0.5) is 0 Å². The van der Waals surface area contributed by atoms with Crippen molar-refractivity contribution in [3.8, 4) is 16.9 Å². The SMILES string of the molecule is CC(=O)c1cncc(-c2ccc(OCc3ccccc3)cc2)c1. The monoisotopic (exact) mass is 303 g/mol. The summed E-state index contributed by atoms with van der Waals surface area (Å²) in [6.07, 6.45) is 3.34. The summed E-state index contributed by atoms with van der Waals surface area (Å²) in [5.41, 5.74) is 3.68. The highest BCUT2D eigenvalue weighted by Crippen LogP contribution is 2.23. The van der Waals surface area contributed by atoms with Gasteiger partial charge in [0.05, 0.1) is 0 Å². The third-order valence-electron chi connectivity index (χ3n) is 3.58. The molecule has 3 rings (SSSR count). The smallest absolute Gasteiger partial charge is 0.161 e. The first-order valence-corrected chi connectivity index (χ1v) is 7.45. The van der Waals surface area contributed by atoms with Crippen molar-refractivity contribution < 1.29 is 9.53 Å². The summed E-state index contributed by atoms with van der Waals surface area (Å²) in [5.74, 6) is 0.829. The number of benzene rings is 2. The Morgan fingerprint density at radius 2 is 1.70 bits per heavy atom. The molecule has 0 aliphatic rings. The molecule has 2 aromatic carbocycles. The number of nitrogens with zero attached hydrogens (tertiary/aromatic N) is 1. The predicted octanol–water partition coefficient (Wildman–Crippen LogP) is 4.53. The Bertz CT molecular complexity index is 795. The molecule has 3 heteroatoms. The fourth-order valence-corrected chi connectivity index (χ4v) is 2.27. The number of hydrogen-bond donors (Lipinski definition) is 0. The molecule has 0 radical (unpaired) electrons. The van der Waals surface area contributed by atoms with Crippen molar-refractivity contribution in [1.29, 1.82) is 0 Å². The van der Waals surface area contributed by atoms with Crippen LogP contribution in [0.5, 0.6) is 5.75 Å². The number of carbonyl (C=O) groups is 1. The van der Waals surface area contributed by atoms with E-state index in [2.05, 4.69) is 4.98 Å². The van der Waals surface area contributed by atoms with Gasteiger partial charge in [-0.05, 0) is 36.2 Å². The van der Waals surface area contributed by atoms with Crippen molar-refractivity contribution in [2.45, 2.75) is 13.5 Å². The summed E-state index contributed by atoms with van der Waals surface area (Å²) < 4.78 is 5.78. The van der Waals surface area contributed by atoms with Gasteiger partial charge in [-0.15, -0.1) is 0 Å². The second kappa shape index (κ2) is 6.88. The van der Waals surface area contributed by atoms with E-state index in [0.717, 1.165) is 22.4 Å². The first kappa shape index (κ1) is 15.0. The van der Waals surface area contributed by atoms with Gasteiger partial charge in [0, 0.05) is 23.5 Å². The molecule has 1 heterocycles. The maximum absolute atomic E-state index is 11.4. The highest BCUT2D eigenvalue weighted by atomic mass is 16.5. The van der Waals surface area contributed by atoms with Gasteiger partial charge in [-0.25, -0.2) is 0 Å². The first-order valence-electron chi connectivity index (χ1n) is 7.45. The zero-order valence-electron chi connectivity index (χ0n) is 12.9. The molecule has 0 bridgehead atoms. The van der Waals surface area contributed by atoms with Crippen LogP contribution in [0.15, 0.2) is 73.1 Å². The average Bonchev–Trinajstić information content (AvgIpc) is 2.61. The summed E-state index contributed by atoms with van der Waals surface area (Å²) in [6, 6.07) is 19.7. The van der Waals surface area contributed by atoms with E-state index >= 15 is 0 Å². The summed E-state index contributed by atoms with van der Waals surface area (Å²) >= 11 is 0. The molecule has 0 unspecified atom stereocenters. The van der Waals surface area contributed by atoms with E-state index in [1.807, 2.05) is 60.7 Å². The van der Waals surface area contributed by atoms with Crippen LogP contribution < -0.4 is 4.74 Å². The van der Waals surface area contributed by atoms with Crippen LogP contribution >= 0.6 is 0 Å². The van der Waals surface area contributed by atoms with Crippen LogP contribution in [0.25, 0.3) is 11.1 Å². The van der Waals surface area contributed by atoms with Crippen molar-refractivity contribution in [2.24, 2.45) is 0 Å². The molecule has 0 aliphatic heterocycles. The predicted molar refractivity (Wildman–Crippen MR) is 90.5 cm³/mol. The second-order valence-electron chi connectivity index (χ2n) is 5.32. The number of ether oxygens (including phenoxy) is 1. The molecule has 0 fully saturated rings. The topological polar surface area (TPSA) is 39.2 Å². The first-order chi connectivity index (χ1) is 11.2. The number of pyridine rings is 1. The maximum atomic E-state index is 11.4. The molecule has 0 saturated carbocycles. The minimum absolute atomic E-state index is 0.0159. The van der Waals surface area contributed by atoms with Crippen LogP contribution in [0.1, 0.15) is 22.8 Å². The van der Waals surface area contributed by atoms with E-state index in [4.69, 9.17) is 4.74 Å². The molecule has 0 spiro atoms. The molecule has 0 amide bonds. The van der Waals surface area contributed by atoms with Crippen molar-refractivity contribution in [1.82, 2.24) is 4.98 Å². The third kappa shape index (κ3) is 3.83. The van der Waals surface area contributed by atoms with Gasteiger partial charge >= 0.3 is 0 Å². The van der Waals surface area contributed by atoms with Crippen LogP contribution in [0.3, 0.4) is 0 Å². The molecule has 0 saturated heterocycles. The molecule has 23 heavy (non-hydrogen) atoms. The Morgan fingerprint density at radius 1 is 0.957 bits per heavy atom. The van der Waals surface area contributed by atoms with E-state index in [1.165, 1.54) is 0 Å². The van der Waals surface area contributed by atoms with Gasteiger partial charge in [0.15, 0.2) is 5.78 Å². The zero-order chi connectivity index (χ0) is 16.1. The van der Waals surface area contributed by atoms with Crippen LogP contribution in [0.2, 0.25) is 0 Å². The standard InChI is InChI=1S/C20H17NO2/c1-15(22)18-11-19(13-21-12-18)17-7-9-20(10-8-17)23-14-16-5-3-2-4-6-16/h2-13H,14H2,1H3. The van der Waals surface area contributed by atoms with Gasteiger partial charge in [0.25, 0.3) is 0 Å². The Labute approximate surface area is 135 Å². The second-order valence-corrected chi connectivity index (χ2v) is 5.32. The number of hydrogen-bond acceptors (Lipinski definition) is 3. The van der Waals surface area contributed by atoms with Gasteiger partial charge in [0.2, 0.25) is 0 Å². The Hall–Kier alpha value is -2.94. The van der Waals surface area contributed by atoms with Gasteiger partial charge < -0.3 is 4.74 Å². The van der Waals surface area contributed by atoms with Crippen LogP contribution in [-0.2, 0) is 6.61 Å². The molecule has 0 aliphatic carbocycles. The van der Waals surface area contributed by atoms with Crippen molar-refractivity contribution >= 4 is 5.78 Å². The molecule has 114 valence electrons. The molecule has 0 atom stereocenters. The average molecular weight is 303 g/mol. The van der Waals surface area contributed by atoms with E-state index in [1.54, 1.807) is 19.3 Å². The Balaban J connectivity index is 1.72. The van der Waals surface area contributed by atoms with Gasteiger partial charge in [-0.2, -0.15) is 0 Å². The van der Waals surface area contributed by atoms with E-state index in [9.17, 15) is 4.79 Å². The molecule has 0 N–H and O–H groups in total. The van der Waals surface area contributed by atoms with Crippen molar-refractivity contribution in [3.63, 3.8) is 0 Å². The lowest BCUT2D eigenvalue weighted by molar-refractivity contribution is 0.101. The Morgan fingerprint density at radius 3 is 2.39 bits per heavy atom. The lowest BCUT2D eigenvalue weighted by atomic mass is 10.0. The third-order valence-corrected chi connectivity index (χ3v) is 3.58. The number of ketones is 1. The molecule has 3 aromatic rings. The number of carbonyl (C=O) groups excluding carboxylic acids is 1. The van der Waals surface area contributed by atoms with E-state index in [0.29, 0.717) is 12.2 Å². The molecule has 3 nitrogen and oxygen atoms in total. The van der Waals surface area contributed by atoms with Gasteiger partial charge in [-0.3, -0.25) is 9.78 Å². The molecular formula is C20H17NO2. The fourth-order valence-electron chi connectivity index (χ4n) is 2.27. The van der Waals surface area contributed by atoms with E-state index in [-0.39, 0.29) is 5.78 Å². The maximum Gasteiger partial charge on any atom is 0.161 e. The van der Waals surface area contributed by atoms with Gasteiger partial charge in [0.1, 0.15) is 12.4 Å². The molecular weight excluding hydrogens is 286 g/mol. The lowest BCUT2D eigenvalue weighted by Gasteiger charge is -2.08. The summed E-state index contributed by atoms with van der Waals surface area (Å²) in [5, 5.41) is 0. The normalized spacial score (nSPS) is 10.3. The quantitative estimate of drug-likeness (QED) is 0.650. The van der Waals surface area contributed by atoms with Gasteiger partial charge in [-0.1, -0.05) is 42.5 Å². The van der Waals surface area contributed by atoms with Crippen molar-refractivity contribution in [2.75, 3.05) is 0 Å². The number of aromatic nitrogens is 1. The fraction of sp³-hybridized carbons (Fsp3) is 0.100. The largest absolute Gasteiger partial charge is 0.489 e. The van der Waals surface area contributed by atoms with Crippen LogP contribution in [0, 0.1) is 0 Å². The summed E-state index contributed by atoms with van der Waals surface area (Å²) in [4.78, 5) is 15.6. The lowest BCUT2D eigenvalue weighted by Crippen LogP contribution is -1.95. The highest BCUT2D eigenvalue weighted by Gasteiger charge is 2.04. The van der Waals surface area contributed by atoms with Crippen molar-refractivity contribution in [3.05, 3.63) is 84.2 Å². The minimum atomic E-state index is 0.0159. The zero-order valence-corrected chi connectivity index (χ0v) is 12.9. The van der Waals surface area contributed by atoms with E-state index < -0.39 is 0 Å².